The molecule has 10 nitrogen and oxygen atoms in total. The summed E-state index contributed by atoms with van der Waals surface area (Å²) >= 11 is 12.1. The summed E-state index contributed by atoms with van der Waals surface area (Å²) in [4.78, 5) is 51.2. The minimum atomic E-state index is -1.07. The minimum Gasteiger partial charge on any atom is -0.497 e. The quantitative estimate of drug-likeness (QED) is 0.244. The minimum absolute atomic E-state index is 0.0534. The highest BCUT2D eigenvalue weighted by Gasteiger charge is 2.29. The Kier molecular flexibility index (Phi) is 13.0. The molecular formula is C28H36Cl2N4O6. The molecule has 0 bridgehead atoms. The molecule has 0 aliphatic rings. The van der Waals surface area contributed by atoms with Gasteiger partial charge in [0.15, 0.2) is 0 Å². The second-order valence-corrected chi connectivity index (χ2v) is 10.3. The first-order chi connectivity index (χ1) is 19.0. The van der Waals surface area contributed by atoms with Gasteiger partial charge in [0.05, 0.1) is 20.3 Å². The summed E-state index contributed by atoms with van der Waals surface area (Å²) in [6, 6.07) is 7.43. The number of benzene rings is 2. The van der Waals surface area contributed by atoms with Gasteiger partial charge < -0.3 is 30.7 Å². The molecule has 12 heteroatoms. The largest absolute Gasteiger partial charge is 0.497 e. The van der Waals surface area contributed by atoms with Crippen LogP contribution in [0.15, 0.2) is 36.4 Å². The number of ether oxygens (including phenoxy) is 2. The fourth-order valence-electron chi connectivity index (χ4n) is 3.77. The summed E-state index contributed by atoms with van der Waals surface area (Å²) in [5.74, 6) is -1.08. The summed E-state index contributed by atoms with van der Waals surface area (Å²) in [6.45, 7) is 5.65. The van der Waals surface area contributed by atoms with E-state index in [2.05, 4.69) is 21.3 Å². The number of carbonyl (C=O) groups excluding carboxylic acids is 4. The summed E-state index contributed by atoms with van der Waals surface area (Å²) in [6.07, 6.45) is 0.496. The van der Waals surface area contributed by atoms with Gasteiger partial charge in [-0.1, -0.05) is 50.0 Å². The molecule has 2 atom stereocenters. The first-order valence-corrected chi connectivity index (χ1v) is 13.6. The number of Topliss-reactive ketones (excluding diaryl/α,β-unsaturated/α-hetero) is 1. The second kappa shape index (κ2) is 15.9. The molecule has 2 aromatic rings. The fourth-order valence-corrected chi connectivity index (χ4v) is 4.25. The lowest BCUT2D eigenvalue weighted by molar-refractivity contribution is -0.140. The zero-order valence-electron chi connectivity index (χ0n) is 23.2. The Bertz CT molecular complexity index is 1190. The number of nitrogens with one attached hydrogen (secondary N) is 4. The highest BCUT2D eigenvalue weighted by molar-refractivity contribution is 6.38. The molecule has 40 heavy (non-hydrogen) atoms. The van der Waals surface area contributed by atoms with Gasteiger partial charge in [-0.25, -0.2) is 4.79 Å². The van der Waals surface area contributed by atoms with E-state index in [9.17, 15) is 19.2 Å². The van der Waals surface area contributed by atoms with Crippen molar-refractivity contribution >= 4 is 46.8 Å². The van der Waals surface area contributed by atoms with Gasteiger partial charge in [-0.2, -0.15) is 0 Å². The van der Waals surface area contributed by atoms with Crippen molar-refractivity contribution in [2.45, 2.75) is 58.8 Å². The highest BCUT2D eigenvalue weighted by Crippen LogP contribution is 2.22. The average molecular weight is 596 g/mol. The van der Waals surface area contributed by atoms with Gasteiger partial charge in [-0.05, 0) is 54.2 Å². The Morgan fingerprint density at radius 2 is 1.50 bits per heavy atom. The Balaban J connectivity index is 1.99. The van der Waals surface area contributed by atoms with Crippen LogP contribution in [0.4, 0.5) is 4.79 Å². The Morgan fingerprint density at radius 3 is 2.05 bits per heavy atom. The molecule has 2 aromatic carbocycles. The van der Waals surface area contributed by atoms with Crippen molar-refractivity contribution in [2.24, 2.45) is 5.92 Å². The Labute approximate surface area is 244 Å². The number of urea groups is 1. The molecule has 0 aromatic heterocycles. The van der Waals surface area contributed by atoms with Crippen LogP contribution < -0.4 is 30.7 Å². The standard InChI is InChI=1S/C28H36Cl2N4O6/c1-6-23(25(35)27(37)31-14-17-10-20(39-4)13-21(11-17)40-5)33-26(36)24(9-16(2)3)34-28(38)32-15-18-7-8-19(29)12-22(18)30/h7-8,10-13,16,23-24H,6,9,14-15H2,1-5H3,(H,31,37)(H,33,36)(H2,32,34,38)/t23?,24-/m0/s1. The van der Waals surface area contributed by atoms with Gasteiger partial charge in [-0.15, -0.1) is 0 Å². The number of rotatable bonds is 14. The predicted molar refractivity (Wildman–Crippen MR) is 154 cm³/mol. The maximum Gasteiger partial charge on any atom is 0.315 e. The van der Waals surface area contributed by atoms with Crippen molar-refractivity contribution in [3.05, 3.63) is 57.6 Å². The zero-order valence-corrected chi connectivity index (χ0v) is 24.7. The van der Waals surface area contributed by atoms with Crippen LogP contribution in [0.5, 0.6) is 11.5 Å². The molecule has 0 heterocycles. The van der Waals surface area contributed by atoms with Crippen molar-refractivity contribution in [3.8, 4) is 11.5 Å². The summed E-state index contributed by atoms with van der Waals surface area (Å²) < 4.78 is 10.4. The monoisotopic (exact) mass is 594 g/mol. The molecule has 1 unspecified atom stereocenters. The van der Waals surface area contributed by atoms with E-state index in [1.165, 1.54) is 14.2 Å². The van der Waals surface area contributed by atoms with Gasteiger partial charge in [0.25, 0.3) is 5.91 Å². The topological polar surface area (TPSA) is 135 Å². The molecule has 0 aliphatic carbocycles. The lowest BCUT2D eigenvalue weighted by Crippen LogP contribution is -2.55. The second-order valence-electron chi connectivity index (χ2n) is 9.48. The van der Waals surface area contributed by atoms with Crippen LogP contribution in [0, 0.1) is 5.92 Å². The fraction of sp³-hybridized carbons (Fsp3) is 0.429. The SMILES string of the molecule is CCC(NC(=O)[C@H](CC(C)C)NC(=O)NCc1ccc(Cl)cc1Cl)C(=O)C(=O)NCc1cc(OC)cc(OC)c1. The molecular weight excluding hydrogens is 559 g/mol. The number of hydrogen-bond donors (Lipinski definition) is 4. The first kappa shape index (κ1) is 32.7. The third-order valence-electron chi connectivity index (χ3n) is 5.91. The van der Waals surface area contributed by atoms with Gasteiger partial charge in [0, 0.05) is 29.2 Å². The summed E-state index contributed by atoms with van der Waals surface area (Å²) in [5.41, 5.74) is 1.32. The zero-order chi connectivity index (χ0) is 29.8. The van der Waals surface area contributed by atoms with E-state index in [4.69, 9.17) is 32.7 Å². The van der Waals surface area contributed by atoms with Crippen molar-refractivity contribution in [1.29, 1.82) is 0 Å². The van der Waals surface area contributed by atoms with E-state index in [1.807, 2.05) is 13.8 Å². The van der Waals surface area contributed by atoms with Crippen LogP contribution in [0.3, 0.4) is 0 Å². The van der Waals surface area contributed by atoms with E-state index < -0.39 is 35.7 Å². The molecule has 218 valence electrons. The lowest BCUT2D eigenvalue weighted by atomic mass is 10.0. The van der Waals surface area contributed by atoms with Crippen LogP contribution in [-0.2, 0) is 27.5 Å². The normalized spacial score (nSPS) is 12.2. The number of halogens is 2. The van der Waals surface area contributed by atoms with Crippen molar-refractivity contribution in [1.82, 2.24) is 21.3 Å². The van der Waals surface area contributed by atoms with Crippen LogP contribution >= 0.6 is 23.2 Å². The molecule has 0 aliphatic heterocycles. The number of ketones is 1. The van der Waals surface area contributed by atoms with E-state index in [0.717, 1.165) is 0 Å². The van der Waals surface area contributed by atoms with Crippen LogP contribution in [0.1, 0.15) is 44.7 Å². The van der Waals surface area contributed by atoms with Gasteiger partial charge in [-0.3, -0.25) is 14.4 Å². The van der Waals surface area contributed by atoms with Crippen molar-refractivity contribution in [2.75, 3.05) is 14.2 Å². The van der Waals surface area contributed by atoms with E-state index in [1.54, 1.807) is 43.3 Å². The smallest absolute Gasteiger partial charge is 0.315 e. The molecule has 2 rings (SSSR count). The van der Waals surface area contributed by atoms with Crippen molar-refractivity contribution in [3.63, 3.8) is 0 Å². The molecule has 0 radical (unpaired) electrons. The van der Waals surface area contributed by atoms with Gasteiger partial charge in [0.2, 0.25) is 11.7 Å². The van der Waals surface area contributed by atoms with Gasteiger partial charge in [0.1, 0.15) is 17.5 Å². The summed E-state index contributed by atoms with van der Waals surface area (Å²) in [7, 11) is 3.02. The molecule has 0 spiro atoms. The van der Waals surface area contributed by atoms with E-state index >= 15 is 0 Å². The highest BCUT2D eigenvalue weighted by atomic mass is 35.5. The van der Waals surface area contributed by atoms with E-state index in [0.29, 0.717) is 39.1 Å². The number of carbonyl (C=O) groups is 4. The summed E-state index contributed by atoms with van der Waals surface area (Å²) in [5, 5.41) is 11.4. The van der Waals surface area contributed by atoms with Crippen LogP contribution in [0.25, 0.3) is 0 Å². The predicted octanol–water partition coefficient (Wildman–Crippen LogP) is 4.00. The lowest BCUT2D eigenvalue weighted by Gasteiger charge is -2.23. The van der Waals surface area contributed by atoms with Crippen molar-refractivity contribution < 1.29 is 28.7 Å². The average Bonchev–Trinajstić information content (AvgIpc) is 2.92. The molecule has 0 saturated carbocycles. The van der Waals surface area contributed by atoms with Crippen LogP contribution in [-0.4, -0.2) is 49.9 Å². The van der Waals surface area contributed by atoms with Crippen LogP contribution in [0.2, 0.25) is 10.0 Å². The first-order valence-electron chi connectivity index (χ1n) is 12.8. The molecule has 4 amide bonds. The molecule has 0 saturated heterocycles. The number of amides is 4. The molecule has 4 N–H and O–H groups in total. The molecule has 0 fully saturated rings. The number of methoxy groups -OCH3 is 2. The van der Waals surface area contributed by atoms with E-state index in [-0.39, 0.29) is 25.4 Å². The number of hydrogen-bond acceptors (Lipinski definition) is 6. The van der Waals surface area contributed by atoms with Gasteiger partial charge >= 0.3 is 6.03 Å². The third-order valence-corrected chi connectivity index (χ3v) is 6.50. The third kappa shape index (κ3) is 10.2. The maximum absolute atomic E-state index is 13.1. The maximum atomic E-state index is 13.1. The Morgan fingerprint density at radius 1 is 0.850 bits per heavy atom. The Hall–Kier alpha value is -3.50.